The summed E-state index contributed by atoms with van der Waals surface area (Å²) in [5, 5.41) is 19.6. The van der Waals surface area contributed by atoms with Gasteiger partial charge in [0, 0.05) is 24.8 Å². The summed E-state index contributed by atoms with van der Waals surface area (Å²) in [6.07, 6.45) is 2.27. The summed E-state index contributed by atoms with van der Waals surface area (Å²) in [7, 11) is 0. The molecule has 0 radical (unpaired) electrons. The van der Waals surface area contributed by atoms with Crippen molar-refractivity contribution in [3.63, 3.8) is 0 Å². The van der Waals surface area contributed by atoms with Gasteiger partial charge in [-0.05, 0) is 24.8 Å². The molecular weight excluding hydrogens is 254 g/mol. The molecule has 0 saturated heterocycles. The number of ether oxygens (including phenoxy) is 1. The first-order chi connectivity index (χ1) is 8.56. The van der Waals surface area contributed by atoms with Crippen LogP contribution in [0.3, 0.4) is 0 Å². The van der Waals surface area contributed by atoms with Crippen molar-refractivity contribution in [3.8, 4) is 5.75 Å². The second kappa shape index (κ2) is 7.23. The van der Waals surface area contributed by atoms with E-state index in [-0.39, 0.29) is 18.4 Å². The highest BCUT2D eigenvalue weighted by Gasteiger charge is 2.12. The molecule has 0 fully saturated rings. The first-order valence-corrected chi connectivity index (χ1v) is 7.01. The van der Waals surface area contributed by atoms with E-state index in [4.69, 9.17) is 9.84 Å². The van der Waals surface area contributed by atoms with Crippen molar-refractivity contribution in [2.24, 2.45) is 0 Å². The number of rotatable bonds is 7. The number of aliphatic hydroxyl groups is 1. The van der Waals surface area contributed by atoms with Crippen LogP contribution >= 0.6 is 11.8 Å². The van der Waals surface area contributed by atoms with Gasteiger partial charge in [0.1, 0.15) is 5.75 Å². The van der Waals surface area contributed by atoms with Crippen molar-refractivity contribution in [3.05, 3.63) is 33.9 Å². The van der Waals surface area contributed by atoms with Gasteiger partial charge in [0.2, 0.25) is 0 Å². The van der Waals surface area contributed by atoms with E-state index in [1.165, 1.54) is 6.07 Å². The Morgan fingerprint density at radius 2 is 2.22 bits per heavy atom. The monoisotopic (exact) mass is 271 g/mol. The molecule has 6 heteroatoms. The van der Waals surface area contributed by atoms with Gasteiger partial charge in [-0.2, -0.15) is 11.8 Å². The minimum atomic E-state index is -0.423. The number of benzene rings is 1. The molecule has 0 spiro atoms. The maximum atomic E-state index is 10.8. The van der Waals surface area contributed by atoms with Gasteiger partial charge in [0.15, 0.2) is 0 Å². The van der Waals surface area contributed by atoms with E-state index in [0.29, 0.717) is 17.9 Å². The Morgan fingerprint density at radius 1 is 1.50 bits per heavy atom. The van der Waals surface area contributed by atoms with Crippen LogP contribution in [0, 0.1) is 10.1 Å². The molecule has 100 valence electrons. The van der Waals surface area contributed by atoms with Crippen molar-refractivity contribution in [2.75, 3.05) is 12.9 Å². The van der Waals surface area contributed by atoms with Crippen LogP contribution in [0.2, 0.25) is 0 Å². The van der Waals surface area contributed by atoms with Crippen LogP contribution in [0.4, 0.5) is 5.69 Å². The molecule has 0 aliphatic rings. The van der Waals surface area contributed by atoms with Gasteiger partial charge in [0.25, 0.3) is 5.69 Å². The zero-order chi connectivity index (χ0) is 13.5. The van der Waals surface area contributed by atoms with Crippen LogP contribution in [-0.4, -0.2) is 29.0 Å². The number of hydrogen-bond acceptors (Lipinski definition) is 5. The van der Waals surface area contributed by atoms with Gasteiger partial charge in [-0.1, -0.05) is 0 Å². The quantitative estimate of drug-likeness (QED) is 0.609. The highest BCUT2D eigenvalue weighted by atomic mass is 32.2. The van der Waals surface area contributed by atoms with E-state index in [2.05, 4.69) is 0 Å². The molecule has 0 aromatic heterocycles. The molecule has 1 rings (SSSR count). The Balaban J connectivity index is 2.91. The molecule has 1 unspecified atom stereocenters. The van der Waals surface area contributed by atoms with Crippen LogP contribution in [0.15, 0.2) is 18.2 Å². The fourth-order valence-electron chi connectivity index (χ4n) is 1.54. The van der Waals surface area contributed by atoms with Crippen LogP contribution in [0.25, 0.3) is 0 Å². The molecule has 0 heterocycles. The number of nitro benzene ring substituents is 1. The number of hydrogen-bond donors (Lipinski definition) is 1. The van der Waals surface area contributed by atoms with Crippen molar-refractivity contribution < 1.29 is 14.8 Å². The van der Waals surface area contributed by atoms with Crippen LogP contribution in [-0.2, 0) is 5.75 Å². The van der Waals surface area contributed by atoms with Gasteiger partial charge >= 0.3 is 0 Å². The zero-order valence-electron chi connectivity index (χ0n) is 10.5. The van der Waals surface area contributed by atoms with Gasteiger partial charge < -0.3 is 9.84 Å². The van der Waals surface area contributed by atoms with E-state index in [1.807, 2.05) is 13.2 Å². The summed E-state index contributed by atoms with van der Waals surface area (Å²) in [6.45, 7) is 1.86. The van der Waals surface area contributed by atoms with Gasteiger partial charge in [-0.3, -0.25) is 10.1 Å². The highest BCUT2D eigenvalue weighted by Crippen LogP contribution is 2.25. The SMILES string of the molecule is CSCc1cc(OC(C)CCO)cc([N+](=O)[O-])c1. The lowest BCUT2D eigenvalue weighted by molar-refractivity contribution is -0.385. The van der Waals surface area contributed by atoms with Crippen LogP contribution in [0.1, 0.15) is 18.9 Å². The number of nitro groups is 1. The Kier molecular flexibility index (Phi) is 5.94. The minimum Gasteiger partial charge on any atom is -0.490 e. The fraction of sp³-hybridized carbons (Fsp3) is 0.500. The molecule has 1 atom stereocenters. The number of non-ortho nitro benzene ring substituents is 1. The Labute approximate surface area is 110 Å². The third-order valence-corrected chi connectivity index (χ3v) is 2.97. The zero-order valence-corrected chi connectivity index (χ0v) is 11.3. The highest BCUT2D eigenvalue weighted by molar-refractivity contribution is 7.97. The second-order valence-corrected chi connectivity index (χ2v) is 4.83. The second-order valence-electron chi connectivity index (χ2n) is 3.97. The normalized spacial score (nSPS) is 12.2. The molecule has 0 bridgehead atoms. The maximum Gasteiger partial charge on any atom is 0.273 e. The summed E-state index contributed by atoms with van der Waals surface area (Å²) in [6, 6.07) is 4.77. The van der Waals surface area contributed by atoms with Gasteiger partial charge in [-0.15, -0.1) is 0 Å². The molecule has 0 aliphatic carbocycles. The molecule has 5 nitrogen and oxygen atoms in total. The number of nitrogens with zero attached hydrogens (tertiary/aromatic N) is 1. The number of thioether (sulfide) groups is 1. The largest absolute Gasteiger partial charge is 0.490 e. The number of aliphatic hydroxyl groups excluding tert-OH is 1. The van der Waals surface area contributed by atoms with Crippen LogP contribution in [0.5, 0.6) is 5.75 Å². The lowest BCUT2D eigenvalue weighted by atomic mass is 10.2. The molecule has 0 aliphatic heterocycles. The first kappa shape index (κ1) is 14.8. The van der Waals surface area contributed by atoms with Crippen LogP contribution < -0.4 is 4.74 Å². The Hall–Kier alpha value is -1.27. The van der Waals surface area contributed by atoms with Crippen molar-refractivity contribution >= 4 is 17.4 Å². The average molecular weight is 271 g/mol. The van der Waals surface area contributed by atoms with Crippen molar-refractivity contribution in [1.82, 2.24) is 0 Å². The Bertz CT molecular complexity index is 411. The van der Waals surface area contributed by atoms with E-state index >= 15 is 0 Å². The molecule has 0 amide bonds. The molecule has 1 aromatic carbocycles. The fourth-order valence-corrected chi connectivity index (χ4v) is 2.04. The third kappa shape index (κ3) is 4.54. The van der Waals surface area contributed by atoms with Crippen molar-refractivity contribution in [2.45, 2.75) is 25.2 Å². The lowest BCUT2D eigenvalue weighted by Crippen LogP contribution is -2.13. The first-order valence-electron chi connectivity index (χ1n) is 5.61. The van der Waals surface area contributed by atoms with E-state index in [1.54, 1.807) is 23.9 Å². The molecule has 18 heavy (non-hydrogen) atoms. The molecular formula is C12H17NO4S. The Morgan fingerprint density at radius 3 is 2.78 bits per heavy atom. The standard InChI is InChI=1S/C12H17NO4S/c1-9(3-4-14)17-12-6-10(8-18-2)5-11(7-12)13(15)16/h5-7,9,14H,3-4,8H2,1-2H3. The predicted octanol–water partition coefficient (Wildman–Crippen LogP) is 2.61. The van der Waals surface area contributed by atoms with Crippen molar-refractivity contribution in [1.29, 1.82) is 0 Å². The third-order valence-electron chi connectivity index (χ3n) is 2.35. The lowest BCUT2D eigenvalue weighted by Gasteiger charge is -2.14. The van der Waals surface area contributed by atoms with Gasteiger partial charge in [0.05, 0.1) is 17.1 Å². The molecule has 1 N–H and O–H groups in total. The smallest absolute Gasteiger partial charge is 0.273 e. The van der Waals surface area contributed by atoms with E-state index in [9.17, 15) is 10.1 Å². The van der Waals surface area contributed by atoms with E-state index in [0.717, 1.165) is 5.56 Å². The summed E-state index contributed by atoms with van der Waals surface area (Å²) in [5.41, 5.74) is 0.899. The molecule has 0 saturated carbocycles. The average Bonchev–Trinajstić information content (AvgIpc) is 2.29. The molecule has 1 aromatic rings. The van der Waals surface area contributed by atoms with E-state index < -0.39 is 4.92 Å². The summed E-state index contributed by atoms with van der Waals surface area (Å²) in [5.74, 6) is 1.18. The summed E-state index contributed by atoms with van der Waals surface area (Å²) < 4.78 is 5.56. The predicted molar refractivity (Wildman–Crippen MR) is 72.1 cm³/mol. The maximum absolute atomic E-state index is 10.8. The minimum absolute atomic E-state index is 0.0350. The topological polar surface area (TPSA) is 72.6 Å². The van der Waals surface area contributed by atoms with Gasteiger partial charge in [-0.25, -0.2) is 0 Å². The summed E-state index contributed by atoms with van der Waals surface area (Å²) in [4.78, 5) is 10.4. The summed E-state index contributed by atoms with van der Waals surface area (Å²) >= 11 is 1.59.